The SMILES string of the molecule is COc1ccc(C=C(c2ccc(OC)cc2)c2ccccc2-c2cc3c(c4ccccc24)c2ccccc2n3-c2ccc3c(c2)C(c2ccccc2)(c2ccccc2)c2ccccc2-3)cc1. The van der Waals surface area contributed by atoms with Gasteiger partial charge in [0.15, 0.2) is 0 Å². The Morgan fingerprint density at radius 2 is 0.985 bits per heavy atom. The number of fused-ring (bicyclic) bond motifs is 8. The van der Waals surface area contributed by atoms with Gasteiger partial charge in [-0.15, -0.1) is 0 Å². The maximum absolute atomic E-state index is 5.61. The number of rotatable bonds is 9. The minimum Gasteiger partial charge on any atom is -0.497 e. The molecule has 0 radical (unpaired) electrons. The summed E-state index contributed by atoms with van der Waals surface area (Å²) < 4.78 is 13.7. The van der Waals surface area contributed by atoms with Gasteiger partial charge in [-0.1, -0.05) is 182 Å². The molecule has 0 unspecified atom stereocenters. The first-order chi connectivity index (χ1) is 32.6. The average Bonchev–Trinajstić information content (AvgIpc) is 3.89. The van der Waals surface area contributed by atoms with Gasteiger partial charge < -0.3 is 14.0 Å². The van der Waals surface area contributed by atoms with E-state index < -0.39 is 5.41 Å². The molecule has 0 amide bonds. The topological polar surface area (TPSA) is 23.4 Å². The fourth-order valence-corrected chi connectivity index (χ4v) is 10.8. The summed E-state index contributed by atoms with van der Waals surface area (Å²) in [6.45, 7) is 0. The molecule has 3 nitrogen and oxygen atoms in total. The van der Waals surface area contributed by atoms with E-state index >= 15 is 0 Å². The predicted octanol–water partition coefficient (Wildman–Crippen LogP) is 15.6. The fraction of sp³-hybridized carbons (Fsp3) is 0.0476. The molecule has 66 heavy (non-hydrogen) atoms. The smallest absolute Gasteiger partial charge is 0.118 e. The van der Waals surface area contributed by atoms with Gasteiger partial charge in [0.1, 0.15) is 11.5 Å². The summed E-state index contributed by atoms with van der Waals surface area (Å²) in [7, 11) is 3.42. The Hall–Kier alpha value is -8.40. The molecule has 1 heterocycles. The van der Waals surface area contributed by atoms with Crippen molar-refractivity contribution in [3.63, 3.8) is 0 Å². The van der Waals surface area contributed by atoms with Crippen LogP contribution in [0.15, 0.2) is 231 Å². The minimum atomic E-state index is -0.520. The molecule has 12 rings (SSSR count). The van der Waals surface area contributed by atoms with E-state index in [2.05, 4.69) is 217 Å². The van der Waals surface area contributed by atoms with E-state index in [-0.39, 0.29) is 0 Å². The molecule has 0 saturated carbocycles. The first-order valence-electron chi connectivity index (χ1n) is 22.6. The van der Waals surface area contributed by atoms with Crippen molar-refractivity contribution in [2.24, 2.45) is 0 Å². The third-order valence-electron chi connectivity index (χ3n) is 13.7. The summed E-state index contributed by atoms with van der Waals surface area (Å²) >= 11 is 0. The van der Waals surface area contributed by atoms with Gasteiger partial charge in [-0.2, -0.15) is 0 Å². The highest BCUT2D eigenvalue weighted by molar-refractivity contribution is 6.24. The van der Waals surface area contributed by atoms with Crippen LogP contribution in [0.4, 0.5) is 0 Å². The molecule has 0 bridgehead atoms. The lowest BCUT2D eigenvalue weighted by Gasteiger charge is -2.34. The molecule has 0 fully saturated rings. The molecule has 10 aromatic carbocycles. The van der Waals surface area contributed by atoms with Crippen LogP contribution in [0, 0.1) is 0 Å². The Morgan fingerprint density at radius 3 is 1.68 bits per heavy atom. The molecule has 0 saturated heterocycles. The first-order valence-corrected chi connectivity index (χ1v) is 22.6. The largest absolute Gasteiger partial charge is 0.497 e. The highest BCUT2D eigenvalue weighted by Crippen LogP contribution is 2.57. The molecule has 11 aromatic rings. The zero-order valence-corrected chi connectivity index (χ0v) is 36.8. The van der Waals surface area contributed by atoms with Crippen LogP contribution in [0.1, 0.15) is 38.9 Å². The van der Waals surface area contributed by atoms with Crippen molar-refractivity contribution in [2.45, 2.75) is 5.41 Å². The van der Waals surface area contributed by atoms with Crippen LogP contribution in [0.2, 0.25) is 0 Å². The van der Waals surface area contributed by atoms with Crippen LogP contribution in [0.3, 0.4) is 0 Å². The Labute approximate surface area is 385 Å². The van der Waals surface area contributed by atoms with Crippen molar-refractivity contribution >= 4 is 44.2 Å². The van der Waals surface area contributed by atoms with Gasteiger partial charge in [-0.05, 0) is 132 Å². The van der Waals surface area contributed by atoms with Crippen molar-refractivity contribution in [3.8, 4) is 39.4 Å². The van der Waals surface area contributed by atoms with E-state index in [1.807, 2.05) is 24.3 Å². The third kappa shape index (κ3) is 6.12. The highest BCUT2D eigenvalue weighted by atomic mass is 16.5. The van der Waals surface area contributed by atoms with E-state index in [1.54, 1.807) is 14.2 Å². The van der Waals surface area contributed by atoms with Crippen LogP contribution < -0.4 is 9.47 Å². The Balaban J connectivity index is 1.14. The monoisotopic (exact) mass is 847 g/mol. The van der Waals surface area contributed by atoms with Gasteiger partial charge in [0.05, 0.1) is 30.7 Å². The predicted molar refractivity (Wildman–Crippen MR) is 274 cm³/mol. The second kappa shape index (κ2) is 16.0. The van der Waals surface area contributed by atoms with Crippen LogP contribution in [-0.4, -0.2) is 18.8 Å². The van der Waals surface area contributed by atoms with Crippen molar-refractivity contribution in [1.29, 1.82) is 0 Å². The maximum atomic E-state index is 5.61. The molecule has 0 spiro atoms. The lowest BCUT2D eigenvalue weighted by Crippen LogP contribution is -2.28. The van der Waals surface area contributed by atoms with E-state index in [4.69, 9.17) is 9.47 Å². The number of aromatic nitrogens is 1. The quantitative estimate of drug-likeness (QED) is 0.135. The number of nitrogens with zero attached hydrogens (tertiary/aromatic N) is 1. The summed E-state index contributed by atoms with van der Waals surface area (Å²) in [5, 5.41) is 4.89. The summed E-state index contributed by atoms with van der Waals surface area (Å²) in [6.07, 6.45) is 2.28. The van der Waals surface area contributed by atoms with E-state index in [0.717, 1.165) is 50.5 Å². The number of ether oxygens (including phenoxy) is 2. The third-order valence-corrected chi connectivity index (χ3v) is 13.7. The molecular weight excluding hydrogens is 803 g/mol. The molecule has 1 aliphatic rings. The lowest BCUT2D eigenvalue weighted by atomic mass is 9.67. The highest BCUT2D eigenvalue weighted by Gasteiger charge is 2.46. The summed E-state index contributed by atoms with van der Waals surface area (Å²) in [5.41, 5.74) is 17.3. The number of para-hydroxylation sites is 1. The van der Waals surface area contributed by atoms with Gasteiger partial charge in [0, 0.05) is 16.5 Å². The Morgan fingerprint density at radius 1 is 0.424 bits per heavy atom. The van der Waals surface area contributed by atoms with Crippen molar-refractivity contribution in [1.82, 2.24) is 4.57 Å². The van der Waals surface area contributed by atoms with Crippen molar-refractivity contribution in [3.05, 3.63) is 269 Å². The number of hydrogen-bond acceptors (Lipinski definition) is 2. The standard InChI is InChI=1S/C63H45NO2/c1-65-47-34-29-42(30-35-47)39-56(43-31-36-48(66-2)37-32-43)49-21-9-10-22-50(49)57-41-61-62(54-25-12-11-23-51(54)57)55-26-14-16-28-60(55)64(61)46-33-38-53-52-24-13-15-27-58(52)63(59(53)40-46,44-17-5-3-6-18-44)45-19-7-4-8-20-45/h3-41H,1-2H3. The zero-order chi connectivity index (χ0) is 44.2. The van der Waals surface area contributed by atoms with Crippen LogP contribution in [0.25, 0.3) is 72.2 Å². The number of hydrogen-bond donors (Lipinski definition) is 0. The first kappa shape index (κ1) is 39.2. The van der Waals surface area contributed by atoms with Gasteiger partial charge in [-0.3, -0.25) is 0 Å². The van der Waals surface area contributed by atoms with Crippen LogP contribution >= 0.6 is 0 Å². The van der Waals surface area contributed by atoms with Crippen molar-refractivity contribution in [2.75, 3.05) is 14.2 Å². The van der Waals surface area contributed by atoms with Crippen LogP contribution in [-0.2, 0) is 5.41 Å². The number of benzene rings is 10. The minimum absolute atomic E-state index is 0.520. The van der Waals surface area contributed by atoms with Crippen LogP contribution in [0.5, 0.6) is 11.5 Å². The van der Waals surface area contributed by atoms with Gasteiger partial charge in [0.2, 0.25) is 0 Å². The Bertz CT molecular complexity index is 3600. The second-order valence-corrected chi connectivity index (χ2v) is 17.1. The fourth-order valence-electron chi connectivity index (χ4n) is 10.8. The second-order valence-electron chi connectivity index (χ2n) is 17.1. The molecule has 1 aliphatic carbocycles. The molecule has 0 atom stereocenters. The summed E-state index contributed by atoms with van der Waals surface area (Å²) in [6, 6.07) is 84.1. The van der Waals surface area contributed by atoms with E-state index in [0.29, 0.717) is 0 Å². The molecule has 0 aliphatic heterocycles. The Kier molecular flexibility index (Phi) is 9.50. The van der Waals surface area contributed by atoms with Gasteiger partial charge in [0.25, 0.3) is 0 Å². The summed E-state index contributed by atoms with van der Waals surface area (Å²) in [4.78, 5) is 0. The average molecular weight is 848 g/mol. The maximum Gasteiger partial charge on any atom is 0.118 e. The molecule has 314 valence electrons. The van der Waals surface area contributed by atoms with E-state index in [9.17, 15) is 0 Å². The zero-order valence-electron chi connectivity index (χ0n) is 36.8. The van der Waals surface area contributed by atoms with Gasteiger partial charge >= 0.3 is 0 Å². The summed E-state index contributed by atoms with van der Waals surface area (Å²) in [5.74, 6) is 1.65. The lowest BCUT2D eigenvalue weighted by molar-refractivity contribution is 0.414. The molecular formula is C63H45NO2. The normalized spacial score (nSPS) is 12.9. The van der Waals surface area contributed by atoms with Crippen molar-refractivity contribution < 1.29 is 9.47 Å². The molecule has 1 aromatic heterocycles. The molecule has 0 N–H and O–H groups in total. The number of methoxy groups -OCH3 is 2. The molecule has 3 heteroatoms. The van der Waals surface area contributed by atoms with E-state index in [1.165, 1.54) is 66.0 Å². The van der Waals surface area contributed by atoms with Gasteiger partial charge in [-0.25, -0.2) is 0 Å².